The molecule has 1 N–H and O–H groups in total. The van der Waals surface area contributed by atoms with Crippen LogP contribution in [-0.4, -0.2) is 45.9 Å². The highest BCUT2D eigenvalue weighted by Crippen LogP contribution is 2.29. The van der Waals surface area contributed by atoms with E-state index < -0.39 is 0 Å². The molecule has 0 radical (unpaired) electrons. The van der Waals surface area contributed by atoms with Crippen LogP contribution in [0.3, 0.4) is 0 Å². The van der Waals surface area contributed by atoms with Crippen molar-refractivity contribution in [1.82, 2.24) is 14.8 Å². The molecule has 7 nitrogen and oxygen atoms in total. The predicted octanol–water partition coefficient (Wildman–Crippen LogP) is 3.41. The molecule has 1 aliphatic carbocycles. The average molecular weight is 406 g/mol. The molecule has 3 aliphatic rings. The number of anilines is 1. The first-order chi connectivity index (χ1) is 14.7. The maximum Gasteiger partial charge on any atom is 0.322 e. The van der Waals surface area contributed by atoms with Gasteiger partial charge in [-0.05, 0) is 54.3 Å². The van der Waals surface area contributed by atoms with Gasteiger partial charge in [0.15, 0.2) is 0 Å². The van der Waals surface area contributed by atoms with Crippen LogP contribution in [0.25, 0.3) is 0 Å². The normalized spacial score (nSPS) is 18.8. The fourth-order valence-corrected chi connectivity index (χ4v) is 4.50. The van der Waals surface area contributed by atoms with E-state index in [0.717, 1.165) is 35.4 Å². The molecule has 2 fully saturated rings. The van der Waals surface area contributed by atoms with Crippen LogP contribution in [0.5, 0.6) is 5.75 Å². The molecule has 1 aromatic carbocycles. The molecule has 0 atom stereocenters. The lowest BCUT2D eigenvalue weighted by Crippen LogP contribution is -2.57. The Morgan fingerprint density at radius 2 is 1.70 bits per heavy atom. The van der Waals surface area contributed by atoms with Crippen LogP contribution in [0.15, 0.2) is 42.7 Å². The van der Waals surface area contributed by atoms with Crippen molar-refractivity contribution in [2.75, 3.05) is 18.4 Å². The van der Waals surface area contributed by atoms with E-state index in [9.17, 15) is 9.59 Å². The van der Waals surface area contributed by atoms with Crippen molar-refractivity contribution in [3.63, 3.8) is 0 Å². The molecule has 1 saturated carbocycles. The first-order valence-corrected chi connectivity index (χ1v) is 10.7. The van der Waals surface area contributed by atoms with Gasteiger partial charge in [0.1, 0.15) is 11.9 Å². The molecular weight excluding hydrogens is 380 g/mol. The van der Waals surface area contributed by atoms with Crippen molar-refractivity contribution >= 4 is 17.6 Å². The summed E-state index contributed by atoms with van der Waals surface area (Å²) < 4.78 is 5.97. The Morgan fingerprint density at radius 1 is 0.967 bits per heavy atom. The second kappa shape index (κ2) is 7.97. The van der Waals surface area contributed by atoms with Crippen LogP contribution in [0.4, 0.5) is 10.5 Å². The number of pyridine rings is 1. The number of nitrogens with zero attached hydrogens (tertiary/aromatic N) is 3. The van der Waals surface area contributed by atoms with E-state index in [1.54, 1.807) is 11.1 Å². The number of benzene rings is 1. The number of carbonyl (C=O) groups is 2. The number of hydrogen-bond donors (Lipinski definition) is 1. The molecule has 3 amide bonds. The Balaban J connectivity index is 1.09. The van der Waals surface area contributed by atoms with Gasteiger partial charge in [-0.1, -0.05) is 12.8 Å². The van der Waals surface area contributed by atoms with E-state index in [4.69, 9.17) is 4.74 Å². The van der Waals surface area contributed by atoms with Crippen molar-refractivity contribution in [3.8, 4) is 5.75 Å². The maximum absolute atomic E-state index is 12.5. The van der Waals surface area contributed by atoms with Gasteiger partial charge in [-0.25, -0.2) is 4.79 Å². The van der Waals surface area contributed by atoms with Crippen LogP contribution < -0.4 is 10.1 Å². The number of likely N-dealkylation sites (tertiary alicyclic amines) is 1. The standard InChI is InChI=1S/C23H26N4O3/c28-22(16-3-1-2-4-16)26-14-21(15-26)30-20-7-5-19(6-8-20)25-23(29)27-12-17-9-10-24-11-18(17)13-27/h5-11,16,21H,1-4,12-15H2,(H,25,29). The van der Waals surface area contributed by atoms with Crippen molar-refractivity contribution in [2.24, 2.45) is 5.92 Å². The summed E-state index contributed by atoms with van der Waals surface area (Å²) in [6, 6.07) is 9.24. The van der Waals surface area contributed by atoms with E-state index in [0.29, 0.717) is 32.1 Å². The fourth-order valence-electron chi connectivity index (χ4n) is 4.50. The third-order valence-corrected chi connectivity index (χ3v) is 6.29. The van der Waals surface area contributed by atoms with Gasteiger partial charge in [0, 0.05) is 37.1 Å². The van der Waals surface area contributed by atoms with Gasteiger partial charge in [-0.2, -0.15) is 0 Å². The number of rotatable bonds is 4. The summed E-state index contributed by atoms with van der Waals surface area (Å²) in [5.74, 6) is 1.28. The fraction of sp³-hybridized carbons (Fsp3) is 0.435. The van der Waals surface area contributed by atoms with Crippen LogP contribution in [0.1, 0.15) is 36.8 Å². The Bertz CT molecular complexity index is 909. The van der Waals surface area contributed by atoms with Gasteiger partial charge in [0.25, 0.3) is 0 Å². The van der Waals surface area contributed by atoms with Crippen LogP contribution >= 0.6 is 0 Å². The van der Waals surface area contributed by atoms with Crippen LogP contribution in [-0.2, 0) is 17.9 Å². The third kappa shape index (κ3) is 3.84. The molecule has 1 saturated heterocycles. The largest absolute Gasteiger partial charge is 0.487 e. The minimum absolute atomic E-state index is 0.0486. The summed E-state index contributed by atoms with van der Waals surface area (Å²) in [4.78, 5) is 32.7. The molecule has 1 aromatic heterocycles. The lowest BCUT2D eigenvalue weighted by Gasteiger charge is -2.40. The van der Waals surface area contributed by atoms with Gasteiger partial charge < -0.3 is 19.9 Å². The molecule has 0 spiro atoms. The number of aromatic nitrogens is 1. The number of hydrogen-bond acceptors (Lipinski definition) is 4. The topological polar surface area (TPSA) is 74.8 Å². The van der Waals surface area contributed by atoms with Gasteiger partial charge in [-0.15, -0.1) is 0 Å². The number of nitrogens with one attached hydrogen (secondary N) is 1. The molecular formula is C23H26N4O3. The van der Waals surface area contributed by atoms with Crippen LogP contribution in [0.2, 0.25) is 0 Å². The van der Waals surface area contributed by atoms with E-state index in [-0.39, 0.29) is 18.1 Å². The Hall–Kier alpha value is -3.09. The van der Waals surface area contributed by atoms with Gasteiger partial charge in [0.05, 0.1) is 13.1 Å². The van der Waals surface area contributed by atoms with Crippen molar-refractivity contribution in [3.05, 3.63) is 53.9 Å². The quantitative estimate of drug-likeness (QED) is 0.844. The minimum Gasteiger partial charge on any atom is -0.487 e. The molecule has 2 aromatic rings. The minimum atomic E-state index is -0.125. The number of carbonyl (C=O) groups excluding carboxylic acids is 2. The number of urea groups is 1. The Morgan fingerprint density at radius 3 is 2.43 bits per heavy atom. The first-order valence-electron chi connectivity index (χ1n) is 10.7. The summed E-state index contributed by atoms with van der Waals surface area (Å²) in [6.45, 7) is 2.51. The maximum atomic E-state index is 12.5. The lowest BCUT2D eigenvalue weighted by molar-refractivity contribution is -0.144. The summed E-state index contributed by atoms with van der Waals surface area (Å²) >= 11 is 0. The summed E-state index contributed by atoms with van der Waals surface area (Å²) in [6.07, 6.45) is 8.04. The van der Waals surface area contributed by atoms with Crippen LogP contribution in [0, 0.1) is 5.92 Å². The molecule has 156 valence electrons. The summed E-state index contributed by atoms with van der Waals surface area (Å²) in [5, 5.41) is 2.94. The molecule has 3 heterocycles. The summed E-state index contributed by atoms with van der Waals surface area (Å²) in [5.41, 5.74) is 2.97. The zero-order chi connectivity index (χ0) is 20.5. The molecule has 5 rings (SSSR count). The monoisotopic (exact) mass is 406 g/mol. The SMILES string of the molecule is O=C(Nc1ccc(OC2CN(C(=O)C3CCCC3)C2)cc1)N1Cc2ccncc2C1. The first kappa shape index (κ1) is 18.9. The molecule has 0 unspecified atom stereocenters. The second-order valence-corrected chi connectivity index (χ2v) is 8.42. The highest BCUT2D eigenvalue weighted by atomic mass is 16.5. The smallest absolute Gasteiger partial charge is 0.322 e. The Labute approximate surface area is 176 Å². The number of ether oxygens (including phenoxy) is 1. The molecule has 30 heavy (non-hydrogen) atoms. The molecule has 7 heteroatoms. The second-order valence-electron chi connectivity index (χ2n) is 8.42. The van der Waals surface area contributed by atoms with Gasteiger partial charge in [-0.3, -0.25) is 9.78 Å². The zero-order valence-corrected chi connectivity index (χ0v) is 16.9. The van der Waals surface area contributed by atoms with E-state index in [1.807, 2.05) is 41.4 Å². The van der Waals surface area contributed by atoms with Gasteiger partial charge in [0.2, 0.25) is 5.91 Å². The van der Waals surface area contributed by atoms with E-state index in [2.05, 4.69) is 10.3 Å². The third-order valence-electron chi connectivity index (χ3n) is 6.29. The molecule has 0 bridgehead atoms. The van der Waals surface area contributed by atoms with Crippen molar-refractivity contribution < 1.29 is 14.3 Å². The number of amides is 3. The average Bonchev–Trinajstić information content (AvgIpc) is 3.41. The van der Waals surface area contributed by atoms with Crippen molar-refractivity contribution in [2.45, 2.75) is 44.9 Å². The van der Waals surface area contributed by atoms with E-state index in [1.165, 1.54) is 12.8 Å². The number of fused-ring (bicyclic) bond motifs is 1. The lowest BCUT2D eigenvalue weighted by atomic mass is 10.0. The molecule has 2 aliphatic heterocycles. The van der Waals surface area contributed by atoms with E-state index >= 15 is 0 Å². The predicted molar refractivity (Wildman–Crippen MR) is 112 cm³/mol. The Kier molecular flexibility index (Phi) is 5.02. The highest BCUT2D eigenvalue weighted by Gasteiger charge is 2.36. The van der Waals surface area contributed by atoms with Crippen molar-refractivity contribution in [1.29, 1.82) is 0 Å². The summed E-state index contributed by atoms with van der Waals surface area (Å²) in [7, 11) is 0. The highest BCUT2D eigenvalue weighted by molar-refractivity contribution is 5.89. The zero-order valence-electron chi connectivity index (χ0n) is 16.9. The van der Waals surface area contributed by atoms with Gasteiger partial charge >= 0.3 is 6.03 Å².